The zero-order valence-electron chi connectivity index (χ0n) is 15.7. The van der Waals surface area contributed by atoms with Crippen LogP contribution in [0.2, 0.25) is 5.02 Å². The second-order valence-electron chi connectivity index (χ2n) is 7.40. The number of Topliss-reactive ketones (excluding diaryl/α,β-unsaturated/α-hetero) is 1. The predicted molar refractivity (Wildman–Crippen MR) is 104 cm³/mol. The van der Waals surface area contributed by atoms with Crippen molar-refractivity contribution in [1.29, 1.82) is 0 Å². The van der Waals surface area contributed by atoms with Crippen LogP contribution in [0.15, 0.2) is 42.5 Å². The average molecular weight is 398 g/mol. The number of hydrogen-bond acceptors (Lipinski definition) is 4. The molecular formula is C22H20ClNO4. The maximum absolute atomic E-state index is 13.4. The third-order valence-electron chi connectivity index (χ3n) is 5.76. The fourth-order valence-electron chi connectivity index (χ4n) is 4.09. The summed E-state index contributed by atoms with van der Waals surface area (Å²) in [5, 5.41) is 0.514. The van der Waals surface area contributed by atoms with Crippen LogP contribution in [0.3, 0.4) is 0 Å². The number of halogens is 1. The second-order valence-corrected chi connectivity index (χ2v) is 7.83. The number of ether oxygens (including phenoxy) is 1. The standard InChI is InChI=1S/C22H20ClNO4/c1-13-19(25)12-15-11-17(23)7-8-18(15)20(26)24(13)22(9-10-22)16-5-3-14(4-6-16)21(27)28-2/h3-8,11,13H,9-10,12H2,1-2H3. The summed E-state index contributed by atoms with van der Waals surface area (Å²) in [4.78, 5) is 39.7. The van der Waals surface area contributed by atoms with Gasteiger partial charge in [0.05, 0.1) is 24.3 Å². The normalized spacial score (nSPS) is 20.4. The van der Waals surface area contributed by atoms with E-state index >= 15 is 0 Å². The molecule has 1 saturated carbocycles. The van der Waals surface area contributed by atoms with E-state index in [1.807, 2.05) is 12.1 Å². The Morgan fingerprint density at radius 2 is 1.82 bits per heavy atom. The van der Waals surface area contributed by atoms with Crippen LogP contribution in [0.25, 0.3) is 0 Å². The molecule has 2 aromatic carbocycles. The van der Waals surface area contributed by atoms with Crippen LogP contribution in [0, 0.1) is 0 Å². The fraction of sp³-hybridized carbons (Fsp3) is 0.318. The monoisotopic (exact) mass is 397 g/mol. The van der Waals surface area contributed by atoms with Crippen molar-refractivity contribution in [2.75, 3.05) is 7.11 Å². The van der Waals surface area contributed by atoms with Crippen molar-refractivity contribution in [2.24, 2.45) is 0 Å². The molecule has 1 aliphatic carbocycles. The molecule has 2 aliphatic rings. The van der Waals surface area contributed by atoms with Crippen LogP contribution >= 0.6 is 11.6 Å². The SMILES string of the molecule is COC(=O)c1ccc(C2(N3C(=O)c4ccc(Cl)cc4CC(=O)C3C)CC2)cc1. The van der Waals surface area contributed by atoms with E-state index in [2.05, 4.69) is 0 Å². The van der Waals surface area contributed by atoms with Crippen LogP contribution in [0.4, 0.5) is 0 Å². The lowest BCUT2D eigenvalue weighted by molar-refractivity contribution is -0.123. The minimum atomic E-state index is -0.540. The molecule has 0 radical (unpaired) electrons. The summed E-state index contributed by atoms with van der Waals surface area (Å²) < 4.78 is 4.75. The van der Waals surface area contributed by atoms with E-state index in [0.29, 0.717) is 21.7 Å². The first-order valence-corrected chi connectivity index (χ1v) is 9.59. The highest BCUT2D eigenvalue weighted by molar-refractivity contribution is 6.30. The summed E-state index contributed by atoms with van der Waals surface area (Å²) in [7, 11) is 1.34. The lowest BCUT2D eigenvalue weighted by atomic mass is 9.98. The molecular weight excluding hydrogens is 378 g/mol. The minimum absolute atomic E-state index is 0.00757. The van der Waals surface area contributed by atoms with Crippen LogP contribution in [-0.2, 0) is 21.5 Å². The number of rotatable bonds is 3. The molecule has 0 spiro atoms. The molecule has 0 aromatic heterocycles. The number of amides is 1. The first kappa shape index (κ1) is 18.7. The Balaban J connectivity index is 1.76. The molecule has 1 heterocycles. The Morgan fingerprint density at radius 1 is 1.14 bits per heavy atom. The van der Waals surface area contributed by atoms with Crippen LogP contribution in [0.1, 0.15) is 51.6 Å². The van der Waals surface area contributed by atoms with Crippen molar-refractivity contribution in [3.63, 3.8) is 0 Å². The van der Waals surface area contributed by atoms with Crippen molar-refractivity contribution < 1.29 is 19.1 Å². The van der Waals surface area contributed by atoms with E-state index in [1.165, 1.54) is 7.11 Å². The molecule has 2 aromatic rings. The highest BCUT2D eigenvalue weighted by Gasteiger charge is 2.55. The van der Waals surface area contributed by atoms with E-state index in [9.17, 15) is 14.4 Å². The number of methoxy groups -OCH3 is 1. The number of nitrogens with zero attached hydrogens (tertiary/aromatic N) is 1. The highest BCUT2D eigenvalue weighted by atomic mass is 35.5. The summed E-state index contributed by atoms with van der Waals surface area (Å²) in [5.41, 5.74) is 2.05. The summed E-state index contributed by atoms with van der Waals surface area (Å²) in [6.07, 6.45) is 1.74. The van der Waals surface area contributed by atoms with Crippen LogP contribution in [-0.4, -0.2) is 35.7 Å². The van der Waals surface area contributed by atoms with Gasteiger partial charge in [-0.2, -0.15) is 0 Å². The molecule has 144 valence electrons. The van der Waals surface area contributed by atoms with Crippen molar-refractivity contribution in [3.05, 3.63) is 69.7 Å². The van der Waals surface area contributed by atoms with Crippen LogP contribution < -0.4 is 0 Å². The maximum Gasteiger partial charge on any atom is 0.337 e. The van der Waals surface area contributed by atoms with Crippen molar-refractivity contribution in [1.82, 2.24) is 4.90 Å². The summed E-state index contributed by atoms with van der Waals surface area (Å²) in [6, 6.07) is 11.6. The number of carbonyl (C=O) groups is 3. The topological polar surface area (TPSA) is 63.7 Å². The van der Waals surface area contributed by atoms with Gasteiger partial charge in [0.15, 0.2) is 5.78 Å². The lowest BCUT2D eigenvalue weighted by Gasteiger charge is -2.36. The van der Waals surface area contributed by atoms with Gasteiger partial charge in [-0.3, -0.25) is 9.59 Å². The molecule has 0 N–H and O–H groups in total. The van der Waals surface area contributed by atoms with Gasteiger partial charge in [-0.05, 0) is 61.2 Å². The first-order chi connectivity index (χ1) is 13.4. The molecule has 1 aliphatic heterocycles. The Bertz CT molecular complexity index is 979. The zero-order valence-corrected chi connectivity index (χ0v) is 16.5. The van der Waals surface area contributed by atoms with Gasteiger partial charge >= 0.3 is 5.97 Å². The number of fused-ring (bicyclic) bond motifs is 1. The number of esters is 1. The minimum Gasteiger partial charge on any atom is -0.465 e. The number of carbonyl (C=O) groups excluding carboxylic acids is 3. The molecule has 4 rings (SSSR count). The maximum atomic E-state index is 13.4. The Morgan fingerprint density at radius 3 is 2.43 bits per heavy atom. The Hall–Kier alpha value is -2.66. The predicted octanol–water partition coefficient (Wildman–Crippen LogP) is 3.77. The molecule has 5 nitrogen and oxygen atoms in total. The zero-order chi connectivity index (χ0) is 20.1. The van der Waals surface area contributed by atoms with Gasteiger partial charge in [-0.1, -0.05) is 23.7 Å². The van der Waals surface area contributed by atoms with E-state index < -0.39 is 17.6 Å². The van der Waals surface area contributed by atoms with Crippen molar-refractivity contribution in [2.45, 2.75) is 37.8 Å². The third-order valence-corrected chi connectivity index (χ3v) is 6.00. The van der Waals surface area contributed by atoms with Crippen LogP contribution in [0.5, 0.6) is 0 Å². The number of benzene rings is 2. The largest absolute Gasteiger partial charge is 0.465 e. The van der Waals surface area contributed by atoms with Crippen molar-refractivity contribution in [3.8, 4) is 0 Å². The van der Waals surface area contributed by atoms with E-state index in [-0.39, 0.29) is 18.1 Å². The summed E-state index contributed by atoms with van der Waals surface area (Å²) in [6.45, 7) is 1.79. The second kappa shape index (κ2) is 6.74. The molecule has 1 amide bonds. The third kappa shape index (κ3) is 2.90. The van der Waals surface area contributed by atoms with Gasteiger partial charge in [0.25, 0.3) is 5.91 Å². The average Bonchev–Trinajstić information content (AvgIpc) is 3.49. The molecule has 0 bridgehead atoms. The van der Waals surface area contributed by atoms with Gasteiger partial charge in [-0.15, -0.1) is 0 Å². The number of hydrogen-bond donors (Lipinski definition) is 0. The van der Waals surface area contributed by atoms with Gasteiger partial charge < -0.3 is 9.64 Å². The summed E-state index contributed by atoms with van der Waals surface area (Å²) in [5.74, 6) is -0.567. The molecule has 28 heavy (non-hydrogen) atoms. The van der Waals surface area contributed by atoms with Gasteiger partial charge in [0.1, 0.15) is 0 Å². The van der Waals surface area contributed by atoms with E-state index in [0.717, 1.165) is 18.4 Å². The lowest BCUT2D eigenvalue weighted by Crippen LogP contribution is -2.48. The fourth-order valence-corrected chi connectivity index (χ4v) is 4.28. The quantitative estimate of drug-likeness (QED) is 0.739. The Labute approximate surface area is 168 Å². The Kier molecular flexibility index (Phi) is 4.50. The highest BCUT2D eigenvalue weighted by Crippen LogP contribution is 2.53. The van der Waals surface area contributed by atoms with Gasteiger partial charge in [0, 0.05) is 17.0 Å². The number of ketones is 1. The summed E-state index contributed by atoms with van der Waals surface area (Å²) >= 11 is 6.07. The van der Waals surface area contributed by atoms with E-state index in [4.69, 9.17) is 16.3 Å². The molecule has 1 fully saturated rings. The smallest absolute Gasteiger partial charge is 0.337 e. The molecule has 6 heteroatoms. The van der Waals surface area contributed by atoms with Gasteiger partial charge in [-0.25, -0.2) is 4.79 Å². The van der Waals surface area contributed by atoms with Crippen molar-refractivity contribution >= 4 is 29.3 Å². The molecule has 0 saturated heterocycles. The molecule has 1 unspecified atom stereocenters. The van der Waals surface area contributed by atoms with E-state index in [1.54, 1.807) is 42.2 Å². The van der Waals surface area contributed by atoms with Gasteiger partial charge in [0.2, 0.25) is 0 Å². The molecule has 1 atom stereocenters. The first-order valence-electron chi connectivity index (χ1n) is 9.21.